The van der Waals surface area contributed by atoms with Gasteiger partial charge in [0, 0.05) is 11.5 Å². The van der Waals surface area contributed by atoms with Crippen LogP contribution in [0.3, 0.4) is 0 Å². The molecule has 2 aromatic rings. The fourth-order valence-corrected chi connectivity index (χ4v) is 2.74. The summed E-state index contributed by atoms with van der Waals surface area (Å²) in [7, 11) is 1.84. The number of nitrogens with two attached hydrogens (primary N) is 1. The Kier molecular flexibility index (Phi) is 4.83. The second-order valence-corrected chi connectivity index (χ2v) is 6.04. The molecule has 1 aromatic heterocycles. The lowest BCUT2D eigenvalue weighted by Gasteiger charge is -2.11. The number of aryl methyl sites for hydroxylation is 2. The van der Waals surface area contributed by atoms with Gasteiger partial charge in [0.25, 0.3) is 0 Å². The number of nitrogen functional groups attached to an aromatic ring is 1. The van der Waals surface area contributed by atoms with Gasteiger partial charge in [-0.2, -0.15) is 5.10 Å². The molecule has 0 aliphatic rings. The Bertz CT molecular complexity index is 640. The molecule has 0 saturated carbocycles. The summed E-state index contributed by atoms with van der Waals surface area (Å²) in [6.07, 6.45) is 1.84. The van der Waals surface area contributed by atoms with Crippen molar-refractivity contribution in [2.24, 2.45) is 7.05 Å². The van der Waals surface area contributed by atoms with Crippen LogP contribution < -0.4 is 11.1 Å². The number of hydrogen-bond acceptors (Lipinski definition) is 3. The molecule has 0 aliphatic heterocycles. The molecule has 1 heterocycles. The second kappa shape index (κ2) is 6.24. The van der Waals surface area contributed by atoms with Gasteiger partial charge in [0.05, 0.1) is 27.1 Å². The van der Waals surface area contributed by atoms with Crippen molar-refractivity contribution in [3.8, 4) is 0 Å². The maximum atomic E-state index is 6.23. The lowest BCUT2D eigenvalue weighted by molar-refractivity contribution is 0.740. The smallest absolute Gasteiger partial charge is 0.152 e. The zero-order valence-corrected chi connectivity index (χ0v) is 14.3. The van der Waals surface area contributed by atoms with Gasteiger partial charge in [-0.05, 0) is 34.5 Å². The topological polar surface area (TPSA) is 55.9 Å². The second-order valence-electron chi connectivity index (χ2n) is 4.43. The quantitative estimate of drug-likeness (QED) is 0.754. The first kappa shape index (κ1) is 15.5. The maximum absolute atomic E-state index is 6.23. The highest BCUT2D eigenvalue weighted by Gasteiger charge is 2.15. The van der Waals surface area contributed by atoms with E-state index in [0.29, 0.717) is 27.2 Å². The predicted octanol–water partition coefficient (Wildman–Crippen LogP) is 4.77. The summed E-state index contributed by atoms with van der Waals surface area (Å²) >= 11 is 15.7. The summed E-state index contributed by atoms with van der Waals surface area (Å²) in [5.41, 5.74) is 8.35. The van der Waals surface area contributed by atoms with Crippen LogP contribution in [-0.2, 0) is 13.5 Å². The van der Waals surface area contributed by atoms with Crippen LogP contribution in [0.5, 0.6) is 0 Å². The van der Waals surface area contributed by atoms with E-state index in [4.69, 9.17) is 28.9 Å². The maximum Gasteiger partial charge on any atom is 0.152 e. The first-order chi connectivity index (χ1) is 9.45. The third-order valence-corrected chi connectivity index (χ3v) is 4.71. The standard InChI is InChI=1S/C13H15BrCl2N4/c1-3-4-9-12(17)13(20(2)19-9)18-8-6-5-7(14)10(15)11(8)16/h5-6,18H,3-4,17H2,1-2H3. The van der Waals surface area contributed by atoms with E-state index in [-0.39, 0.29) is 0 Å². The normalized spacial score (nSPS) is 10.8. The van der Waals surface area contributed by atoms with Crippen LogP contribution in [-0.4, -0.2) is 9.78 Å². The monoisotopic (exact) mass is 376 g/mol. The first-order valence-corrected chi connectivity index (χ1v) is 7.72. The van der Waals surface area contributed by atoms with Crippen molar-refractivity contribution in [3.63, 3.8) is 0 Å². The van der Waals surface area contributed by atoms with Gasteiger partial charge in [-0.1, -0.05) is 36.5 Å². The molecule has 20 heavy (non-hydrogen) atoms. The molecular weight excluding hydrogens is 363 g/mol. The fourth-order valence-electron chi connectivity index (χ4n) is 1.92. The van der Waals surface area contributed by atoms with E-state index in [2.05, 4.69) is 33.3 Å². The summed E-state index contributed by atoms with van der Waals surface area (Å²) in [5, 5.41) is 8.51. The van der Waals surface area contributed by atoms with Crippen molar-refractivity contribution in [3.05, 3.63) is 32.3 Å². The number of anilines is 3. The predicted molar refractivity (Wildman–Crippen MR) is 89.1 cm³/mol. The molecule has 108 valence electrons. The van der Waals surface area contributed by atoms with Gasteiger partial charge in [-0.15, -0.1) is 0 Å². The van der Waals surface area contributed by atoms with Crippen molar-refractivity contribution in [2.75, 3.05) is 11.1 Å². The molecule has 0 saturated heterocycles. The summed E-state index contributed by atoms with van der Waals surface area (Å²) in [5.74, 6) is 0.716. The minimum absolute atomic E-state index is 0.443. The summed E-state index contributed by atoms with van der Waals surface area (Å²) in [6.45, 7) is 2.09. The molecule has 1 aromatic carbocycles. The van der Waals surface area contributed by atoms with Gasteiger partial charge in [0.1, 0.15) is 0 Å². The van der Waals surface area contributed by atoms with Gasteiger partial charge in [-0.25, -0.2) is 0 Å². The Balaban J connectivity index is 2.38. The van der Waals surface area contributed by atoms with E-state index in [1.54, 1.807) is 4.68 Å². The number of nitrogens with one attached hydrogen (secondary N) is 1. The van der Waals surface area contributed by atoms with Crippen LogP contribution in [0.25, 0.3) is 0 Å². The van der Waals surface area contributed by atoms with Crippen molar-refractivity contribution in [1.82, 2.24) is 9.78 Å². The number of benzene rings is 1. The van der Waals surface area contributed by atoms with Gasteiger partial charge in [-0.3, -0.25) is 4.68 Å². The lowest BCUT2D eigenvalue weighted by Crippen LogP contribution is -2.02. The number of halogens is 3. The summed E-state index contributed by atoms with van der Waals surface area (Å²) < 4.78 is 2.46. The van der Waals surface area contributed by atoms with Crippen LogP contribution in [0.2, 0.25) is 10.0 Å². The van der Waals surface area contributed by atoms with Gasteiger partial charge >= 0.3 is 0 Å². The van der Waals surface area contributed by atoms with Gasteiger partial charge < -0.3 is 11.1 Å². The van der Waals surface area contributed by atoms with Crippen molar-refractivity contribution in [2.45, 2.75) is 19.8 Å². The molecule has 7 heteroatoms. The molecule has 2 rings (SSSR count). The number of nitrogens with zero attached hydrogens (tertiary/aromatic N) is 2. The molecule has 4 nitrogen and oxygen atoms in total. The molecule has 0 fully saturated rings. The molecule has 0 unspecified atom stereocenters. The third-order valence-electron chi connectivity index (χ3n) is 2.94. The van der Waals surface area contributed by atoms with Crippen LogP contribution in [0.4, 0.5) is 17.2 Å². The number of hydrogen-bond donors (Lipinski definition) is 2. The Morgan fingerprint density at radius 2 is 2.05 bits per heavy atom. The van der Waals surface area contributed by atoms with E-state index >= 15 is 0 Å². The molecule has 0 amide bonds. The van der Waals surface area contributed by atoms with E-state index in [1.165, 1.54) is 0 Å². The molecule has 0 bridgehead atoms. The molecule has 0 atom stereocenters. The largest absolute Gasteiger partial charge is 0.394 e. The molecule has 0 aliphatic carbocycles. The third kappa shape index (κ3) is 2.90. The highest BCUT2D eigenvalue weighted by Crippen LogP contribution is 2.38. The van der Waals surface area contributed by atoms with E-state index in [0.717, 1.165) is 23.0 Å². The van der Waals surface area contributed by atoms with Crippen LogP contribution in [0, 0.1) is 0 Å². The van der Waals surface area contributed by atoms with Crippen LogP contribution >= 0.6 is 39.1 Å². The van der Waals surface area contributed by atoms with E-state index in [1.807, 2.05) is 19.2 Å². The first-order valence-electron chi connectivity index (χ1n) is 6.17. The van der Waals surface area contributed by atoms with E-state index in [9.17, 15) is 0 Å². The van der Waals surface area contributed by atoms with Crippen molar-refractivity contribution < 1.29 is 0 Å². The van der Waals surface area contributed by atoms with E-state index < -0.39 is 0 Å². The van der Waals surface area contributed by atoms with Crippen LogP contribution in [0.1, 0.15) is 19.0 Å². The fraction of sp³-hybridized carbons (Fsp3) is 0.308. The van der Waals surface area contributed by atoms with Crippen LogP contribution in [0.15, 0.2) is 16.6 Å². The van der Waals surface area contributed by atoms with Gasteiger partial charge in [0.15, 0.2) is 5.82 Å². The number of rotatable bonds is 4. The molecular formula is C13H15BrCl2N4. The molecule has 0 radical (unpaired) electrons. The lowest BCUT2D eigenvalue weighted by atomic mass is 10.2. The summed E-state index contributed by atoms with van der Waals surface area (Å²) in [6, 6.07) is 3.67. The Hall–Kier alpha value is -0.910. The molecule has 3 N–H and O–H groups in total. The summed E-state index contributed by atoms with van der Waals surface area (Å²) in [4.78, 5) is 0. The zero-order chi connectivity index (χ0) is 14.9. The SMILES string of the molecule is CCCc1nn(C)c(Nc2ccc(Br)c(Cl)c2Cl)c1N. The Morgan fingerprint density at radius 1 is 1.35 bits per heavy atom. The Morgan fingerprint density at radius 3 is 2.70 bits per heavy atom. The zero-order valence-electron chi connectivity index (χ0n) is 11.2. The van der Waals surface area contributed by atoms with Crippen molar-refractivity contribution >= 4 is 56.3 Å². The van der Waals surface area contributed by atoms with Crippen molar-refractivity contribution in [1.29, 1.82) is 0 Å². The average molecular weight is 378 g/mol. The molecule has 0 spiro atoms. The minimum atomic E-state index is 0.443. The highest BCUT2D eigenvalue weighted by molar-refractivity contribution is 9.10. The highest BCUT2D eigenvalue weighted by atomic mass is 79.9. The number of aromatic nitrogens is 2. The van der Waals surface area contributed by atoms with Gasteiger partial charge in [0.2, 0.25) is 0 Å². The minimum Gasteiger partial charge on any atom is -0.394 e. The Labute approximate surface area is 136 Å². The average Bonchev–Trinajstić information content (AvgIpc) is 2.67.